The lowest BCUT2D eigenvalue weighted by Gasteiger charge is -2.17. The zero-order valence-corrected chi connectivity index (χ0v) is 12.9. The van der Waals surface area contributed by atoms with Crippen molar-refractivity contribution in [3.05, 3.63) is 32.8 Å². The van der Waals surface area contributed by atoms with E-state index in [2.05, 4.69) is 20.7 Å². The lowest BCUT2D eigenvalue weighted by molar-refractivity contribution is -0.385. The van der Waals surface area contributed by atoms with Gasteiger partial charge in [0.2, 0.25) is 0 Å². The van der Waals surface area contributed by atoms with Gasteiger partial charge in [-0.05, 0) is 34.8 Å². The highest BCUT2D eigenvalue weighted by Gasteiger charge is 2.22. The Morgan fingerprint density at radius 1 is 1.50 bits per heavy atom. The van der Waals surface area contributed by atoms with Gasteiger partial charge in [0.25, 0.3) is 5.69 Å². The molecular formula is C13H16BrNO5. The van der Waals surface area contributed by atoms with Gasteiger partial charge >= 0.3 is 5.97 Å². The number of unbranched alkanes of at least 4 members (excludes halogenated alkanes) is 1. The van der Waals surface area contributed by atoms with Crippen LogP contribution >= 0.6 is 15.9 Å². The second-order valence-electron chi connectivity index (χ2n) is 4.14. The summed E-state index contributed by atoms with van der Waals surface area (Å²) >= 11 is 3.25. The van der Waals surface area contributed by atoms with E-state index in [0.717, 1.165) is 12.8 Å². The summed E-state index contributed by atoms with van der Waals surface area (Å²) in [5.41, 5.74) is -0.0951. The van der Waals surface area contributed by atoms with E-state index in [9.17, 15) is 14.9 Å². The molecule has 20 heavy (non-hydrogen) atoms. The van der Waals surface area contributed by atoms with E-state index < -0.39 is 17.0 Å². The van der Waals surface area contributed by atoms with Crippen LogP contribution < -0.4 is 4.74 Å². The van der Waals surface area contributed by atoms with Gasteiger partial charge in [0.15, 0.2) is 6.10 Å². The van der Waals surface area contributed by atoms with Crippen LogP contribution in [0, 0.1) is 10.1 Å². The maximum absolute atomic E-state index is 11.7. The number of methoxy groups -OCH3 is 1. The first-order valence-electron chi connectivity index (χ1n) is 6.18. The number of nitro groups is 1. The fraction of sp³-hybridized carbons (Fsp3) is 0.462. The number of esters is 1. The standard InChI is InChI=1S/C13H16BrNO5/c1-3-4-5-11(13(16)19-2)20-12-8-9(15(17)18)6-7-10(12)14/h6-8,11H,3-5H2,1-2H3. The minimum Gasteiger partial charge on any atom is -0.477 e. The van der Waals surface area contributed by atoms with Crippen molar-refractivity contribution in [2.45, 2.75) is 32.3 Å². The molecule has 0 fully saturated rings. The van der Waals surface area contributed by atoms with E-state index in [0.29, 0.717) is 10.9 Å². The second-order valence-corrected chi connectivity index (χ2v) is 5.00. The first-order chi connectivity index (χ1) is 9.49. The molecule has 0 aliphatic rings. The Balaban J connectivity index is 2.94. The minimum absolute atomic E-state index is 0.0951. The van der Waals surface area contributed by atoms with Crippen molar-refractivity contribution in [3.8, 4) is 5.75 Å². The van der Waals surface area contributed by atoms with Gasteiger partial charge in [-0.15, -0.1) is 0 Å². The third-order valence-corrected chi connectivity index (χ3v) is 3.33. The molecule has 0 saturated heterocycles. The molecule has 1 atom stereocenters. The molecule has 0 spiro atoms. The number of hydrogen-bond donors (Lipinski definition) is 0. The molecule has 0 radical (unpaired) electrons. The van der Waals surface area contributed by atoms with Crippen LogP contribution in [-0.2, 0) is 9.53 Å². The fourth-order valence-corrected chi connectivity index (χ4v) is 1.94. The van der Waals surface area contributed by atoms with Gasteiger partial charge in [-0.3, -0.25) is 10.1 Å². The predicted molar refractivity (Wildman–Crippen MR) is 76.8 cm³/mol. The SMILES string of the molecule is CCCCC(Oc1cc([N+](=O)[O-])ccc1Br)C(=O)OC. The van der Waals surface area contributed by atoms with Crippen LogP contribution in [0.25, 0.3) is 0 Å². The Kier molecular flexibility index (Phi) is 6.44. The normalized spacial score (nSPS) is 11.8. The van der Waals surface area contributed by atoms with Crippen molar-refractivity contribution in [1.29, 1.82) is 0 Å². The molecule has 6 nitrogen and oxygen atoms in total. The molecule has 1 aromatic carbocycles. The first kappa shape index (κ1) is 16.4. The summed E-state index contributed by atoms with van der Waals surface area (Å²) in [6.07, 6.45) is 1.44. The number of carbonyl (C=O) groups excluding carboxylic acids is 1. The van der Waals surface area contributed by atoms with Gasteiger partial charge in [0, 0.05) is 6.07 Å². The van der Waals surface area contributed by atoms with Crippen molar-refractivity contribution >= 4 is 27.6 Å². The minimum atomic E-state index is -0.766. The Morgan fingerprint density at radius 3 is 2.75 bits per heavy atom. The molecule has 0 amide bonds. The highest BCUT2D eigenvalue weighted by atomic mass is 79.9. The van der Waals surface area contributed by atoms with Crippen LogP contribution in [0.3, 0.4) is 0 Å². The van der Waals surface area contributed by atoms with Gasteiger partial charge in [0.05, 0.1) is 22.6 Å². The smallest absolute Gasteiger partial charge is 0.347 e. The molecule has 0 aliphatic heterocycles. The van der Waals surface area contributed by atoms with Crippen LogP contribution in [0.4, 0.5) is 5.69 Å². The van der Waals surface area contributed by atoms with Gasteiger partial charge < -0.3 is 9.47 Å². The first-order valence-corrected chi connectivity index (χ1v) is 6.97. The van der Waals surface area contributed by atoms with E-state index in [1.807, 2.05) is 6.92 Å². The van der Waals surface area contributed by atoms with Crippen LogP contribution in [0.5, 0.6) is 5.75 Å². The average molecular weight is 346 g/mol. The monoisotopic (exact) mass is 345 g/mol. The van der Waals surface area contributed by atoms with E-state index in [4.69, 9.17) is 4.74 Å². The highest BCUT2D eigenvalue weighted by Crippen LogP contribution is 2.30. The molecular weight excluding hydrogens is 330 g/mol. The maximum atomic E-state index is 11.7. The highest BCUT2D eigenvalue weighted by molar-refractivity contribution is 9.10. The zero-order valence-electron chi connectivity index (χ0n) is 11.3. The number of benzene rings is 1. The molecule has 7 heteroatoms. The lowest BCUT2D eigenvalue weighted by Crippen LogP contribution is -2.28. The summed E-state index contributed by atoms with van der Waals surface area (Å²) in [5.74, 6) is -0.234. The molecule has 0 N–H and O–H groups in total. The van der Waals surface area contributed by atoms with Crippen molar-refractivity contribution in [2.75, 3.05) is 7.11 Å². The van der Waals surface area contributed by atoms with E-state index >= 15 is 0 Å². The number of rotatable bonds is 7. The molecule has 1 rings (SSSR count). The summed E-state index contributed by atoms with van der Waals surface area (Å²) in [4.78, 5) is 21.9. The van der Waals surface area contributed by atoms with Crippen molar-refractivity contribution < 1.29 is 19.2 Å². The fourth-order valence-electron chi connectivity index (χ4n) is 1.60. The number of hydrogen-bond acceptors (Lipinski definition) is 5. The third kappa shape index (κ3) is 4.48. The predicted octanol–water partition coefficient (Wildman–Crippen LogP) is 3.47. The number of non-ortho nitro benzene ring substituents is 1. The molecule has 0 aromatic heterocycles. The Labute approximate surface area is 125 Å². The number of carbonyl (C=O) groups is 1. The van der Waals surface area contributed by atoms with Crippen LogP contribution in [0.1, 0.15) is 26.2 Å². The van der Waals surface area contributed by atoms with E-state index in [1.54, 1.807) is 0 Å². The van der Waals surface area contributed by atoms with Crippen LogP contribution in [0.2, 0.25) is 0 Å². The molecule has 0 aliphatic carbocycles. The summed E-state index contributed by atoms with van der Waals surface area (Å²) < 4.78 is 10.8. The van der Waals surface area contributed by atoms with Gasteiger partial charge in [-0.25, -0.2) is 4.79 Å². The Hall–Kier alpha value is -1.63. The number of halogens is 1. The Morgan fingerprint density at radius 2 is 2.20 bits per heavy atom. The molecule has 0 heterocycles. The lowest BCUT2D eigenvalue weighted by atomic mass is 10.1. The van der Waals surface area contributed by atoms with Crippen LogP contribution in [0.15, 0.2) is 22.7 Å². The number of nitrogens with zero attached hydrogens (tertiary/aromatic N) is 1. The maximum Gasteiger partial charge on any atom is 0.347 e. The quantitative estimate of drug-likeness (QED) is 0.429. The number of nitro benzene ring substituents is 1. The molecule has 0 bridgehead atoms. The van der Waals surface area contributed by atoms with Crippen LogP contribution in [-0.4, -0.2) is 24.1 Å². The Bertz CT molecular complexity index is 492. The third-order valence-electron chi connectivity index (χ3n) is 2.68. The van der Waals surface area contributed by atoms with Crippen molar-refractivity contribution in [2.24, 2.45) is 0 Å². The summed E-state index contributed by atoms with van der Waals surface area (Å²) in [5, 5.41) is 10.8. The van der Waals surface area contributed by atoms with Crippen molar-refractivity contribution in [1.82, 2.24) is 0 Å². The van der Waals surface area contributed by atoms with E-state index in [-0.39, 0.29) is 11.4 Å². The summed E-state index contributed by atoms with van der Waals surface area (Å²) in [7, 11) is 1.28. The average Bonchev–Trinajstić information content (AvgIpc) is 2.44. The van der Waals surface area contributed by atoms with Gasteiger partial charge in [-0.1, -0.05) is 13.3 Å². The second kappa shape index (κ2) is 7.84. The molecule has 110 valence electrons. The number of ether oxygens (including phenoxy) is 2. The summed E-state index contributed by atoms with van der Waals surface area (Å²) in [6, 6.07) is 4.16. The van der Waals surface area contributed by atoms with Gasteiger partial charge in [0.1, 0.15) is 5.75 Å². The topological polar surface area (TPSA) is 78.7 Å². The van der Waals surface area contributed by atoms with Gasteiger partial charge in [-0.2, -0.15) is 0 Å². The molecule has 1 aromatic rings. The molecule has 1 unspecified atom stereocenters. The zero-order chi connectivity index (χ0) is 15.1. The van der Waals surface area contributed by atoms with Crippen molar-refractivity contribution in [3.63, 3.8) is 0 Å². The van der Waals surface area contributed by atoms with E-state index in [1.165, 1.54) is 25.3 Å². The molecule has 0 saturated carbocycles. The summed E-state index contributed by atoms with van der Waals surface area (Å²) in [6.45, 7) is 2.00. The largest absolute Gasteiger partial charge is 0.477 e.